The number of amides is 1. The monoisotopic (exact) mass is 919 g/mol. The fourth-order valence-corrected chi connectivity index (χ4v) is 4.84. The third-order valence-corrected chi connectivity index (χ3v) is 7.82. The molecule has 3 rings (SSSR count). The van der Waals surface area contributed by atoms with Gasteiger partial charge in [-0.05, 0) is 169 Å². The van der Waals surface area contributed by atoms with Crippen LogP contribution in [0.25, 0.3) is 11.3 Å². The lowest BCUT2D eigenvalue weighted by atomic mass is 10.0. The van der Waals surface area contributed by atoms with Crippen molar-refractivity contribution in [2.75, 3.05) is 31.5 Å². The van der Waals surface area contributed by atoms with E-state index < -0.39 is 0 Å². The number of aromatic nitrogens is 2. The second-order valence-corrected chi connectivity index (χ2v) is 12.3. The van der Waals surface area contributed by atoms with Crippen LogP contribution in [0.5, 0.6) is 0 Å². The van der Waals surface area contributed by atoms with Crippen molar-refractivity contribution in [2.24, 2.45) is 21.0 Å². The van der Waals surface area contributed by atoms with Gasteiger partial charge in [-0.3, -0.25) is 9.78 Å². The number of nitrogens with one attached hydrogen (secondary N) is 3. The van der Waals surface area contributed by atoms with Gasteiger partial charge in [0.2, 0.25) is 0 Å². The van der Waals surface area contributed by atoms with Gasteiger partial charge in [-0.2, -0.15) is 5.53 Å². The molecule has 68 heavy (non-hydrogen) atoms. The minimum Gasteiger partial charge on any atom is -0.362 e. The van der Waals surface area contributed by atoms with Crippen LogP contribution in [0.15, 0.2) is 87.9 Å². The molecule has 2 aromatic carbocycles. The lowest BCUT2D eigenvalue weighted by Gasteiger charge is -2.19. The lowest BCUT2D eigenvalue weighted by Crippen LogP contribution is -2.29. The molecule has 1 atom stereocenters. The summed E-state index contributed by atoms with van der Waals surface area (Å²) in [6.07, 6.45) is 6.54. The highest BCUT2D eigenvalue weighted by Crippen LogP contribution is 2.24. The van der Waals surface area contributed by atoms with Crippen LogP contribution in [0.1, 0.15) is 97.2 Å². The van der Waals surface area contributed by atoms with Gasteiger partial charge in [-0.25, -0.2) is 4.98 Å². The van der Waals surface area contributed by atoms with Crippen molar-refractivity contribution in [3.8, 4) is 165 Å². The van der Waals surface area contributed by atoms with Crippen LogP contribution in [0, 0.1) is 164 Å². The van der Waals surface area contributed by atoms with E-state index in [4.69, 9.17) is 15.4 Å². The predicted molar refractivity (Wildman–Crippen MR) is 300 cm³/mol. The Morgan fingerprint density at radius 3 is 1.53 bits per heavy atom. The molecule has 0 aliphatic carbocycles. The Balaban J connectivity index is -0.0000000675. The smallest absolute Gasteiger partial charge is 0.251 e. The molecule has 0 spiro atoms. The largest absolute Gasteiger partial charge is 0.362 e. The van der Waals surface area contributed by atoms with Gasteiger partial charge in [-0.15, -0.1) is 4.91 Å². The van der Waals surface area contributed by atoms with Gasteiger partial charge in [-0.1, -0.05) is 81.5 Å². The van der Waals surface area contributed by atoms with E-state index in [-0.39, 0.29) is 33.3 Å². The number of hydrogen-bond donors (Lipinski definition) is 3. The molecule has 0 saturated carbocycles. The van der Waals surface area contributed by atoms with Crippen molar-refractivity contribution in [3.05, 3.63) is 83.0 Å². The van der Waals surface area contributed by atoms with E-state index in [1.165, 1.54) is 5.56 Å². The average molecular weight is 919 g/mol. The molecule has 0 saturated heterocycles. The molecule has 360 valence electrons. The van der Waals surface area contributed by atoms with Crippen LogP contribution in [0.2, 0.25) is 0 Å². The second kappa shape index (κ2) is 40.9. The number of benzene rings is 2. The molecule has 1 unspecified atom stereocenters. The summed E-state index contributed by atoms with van der Waals surface area (Å²) in [5.41, 5.74) is 9.47. The summed E-state index contributed by atoms with van der Waals surface area (Å²) in [5.74, 6) is 66.3. The fourth-order valence-electron chi connectivity index (χ4n) is 4.84. The quantitative estimate of drug-likeness (QED) is 0.0452. The van der Waals surface area contributed by atoms with Gasteiger partial charge < -0.3 is 15.5 Å². The van der Waals surface area contributed by atoms with E-state index in [2.05, 4.69) is 235 Å². The molecule has 12 nitrogen and oxygen atoms in total. The first-order valence-electron chi connectivity index (χ1n) is 20.6. The zero-order valence-corrected chi connectivity index (χ0v) is 38.3. The highest BCUT2D eigenvalue weighted by atomic mass is 16.3. The summed E-state index contributed by atoms with van der Waals surface area (Å²) < 4.78 is 0. The van der Waals surface area contributed by atoms with E-state index in [0.717, 1.165) is 56.0 Å². The van der Waals surface area contributed by atoms with Crippen molar-refractivity contribution >= 4 is 11.7 Å². The Kier molecular flexibility index (Phi) is 33.6. The summed E-state index contributed by atoms with van der Waals surface area (Å²) in [5, 5.41) is 15.8. The molecule has 0 aliphatic rings. The summed E-state index contributed by atoms with van der Waals surface area (Å²) >= 11 is 0. The van der Waals surface area contributed by atoms with Gasteiger partial charge in [0.25, 0.3) is 5.91 Å². The molecule has 0 aliphatic heterocycles. The minimum absolute atomic E-state index is 0. The highest BCUT2D eigenvalue weighted by molar-refractivity contribution is 5.94. The first kappa shape index (κ1) is 55.8. The van der Waals surface area contributed by atoms with Gasteiger partial charge in [0.15, 0.2) is 0 Å². The zero-order valence-electron chi connectivity index (χ0n) is 38.3. The van der Waals surface area contributed by atoms with Gasteiger partial charge in [0.05, 0.1) is 24.1 Å². The van der Waals surface area contributed by atoms with Crippen molar-refractivity contribution in [1.29, 1.82) is 5.53 Å². The molecule has 3 N–H and O–H groups in total. The van der Waals surface area contributed by atoms with Crippen LogP contribution in [-0.2, 0) is 0 Å². The SMILES string of the molecule is CC#CC#CC#CC#CC#CC#CC#CC#CC#CC#CC#CC#CC#CC.CCCC(Nc1cncc(-c2ccc(C(=O)NCCCN(CC)CC)cc2)n1)c1ccccc1.N=N/N=N/N=O.[HH].[HH].[HH].[HH].[HH].[HH].[HH].[HH].[HH].[HH].[HH].[HH].[HH].[HH].[HH]. The van der Waals surface area contributed by atoms with E-state index >= 15 is 0 Å². The van der Waals surface area contributed by atoms with Crippen molar-refractivity contribution in [3.63, 3.8) is 0 Å². The molecule has 1 amide bonds. The van der Waals surface area contributed by atoms with E-state index in [9.17, 15) is 4.79 Å². The van der Waals surface area contributed by atoms with Crippen molar-refractivity contribution in [1.82, 2.24) is 20.2 Å². The molecular weight excluding hydrogens is 845 g/mol. The zero-order chi connectivity index (χ0) is 49.4. The second-order valence-electron chi connectivity index (χ2n) is 12.3. The normalized spacial score (nSPS) is 8.32. The first-order chi connectivity index (χ1) is 33.5. The number of nitroso groups, excluding NO2 is 1. The van der Waals surface area contributed by atoms with E-state index in [1.807, 2.05) is 35.6 Å². The van der Waals surface area contributed by atoms with Crippen LogP contribution in [0.3, 0.4) is 0 Å². The summed E-state index contributed by atoms with van der Waals surface area (Å²) in [6, 6.07) is 18.2. The number of carbonyl (C=O) groups excluding carboxylic acids is 1. The average Bonchev–Trinajstić information content (AvgIpc) is 3.37. The summed E-state index contributed by atoms with van der Waals surface area (Å²) in [4.78, 5) is 32.9. The van der Waals surface area contributed by atoms with Gasteiger partial charge in [0.1, 0.15) is 11.1 Å². The standard InChI is InChI=1S/C28H37N5O.C28H6.HN5O.15H2/c1-4-11-25(22-12-8-7-9-13-22)31-27-21-29-20-26(32-27)23-14-16-24(17-15-23)28(34)30-18-10-19-33(5-2)6-3;1-3-5-7-9-11-13-15-17-19-21-23-25-27-28-26-24-22-20-18-16-14-12-10-8-6-4-2;1-2-3-4-5-6;;;;;;;;;;;;;;;/h7-9,12-17,20-21,25H,4-6,10-11,18-19H2,1-3H3,(H,30,34)(H,31,32);1-2H3;1H;15*1H/b;;2-1?,4-3+;;;;;;;;;;;;;;;. The van der Waals surface area contributed by atoms with E-state index in [0.29, 0.717) is 12.1 Å². The maximum absolute atomic E-state index is 12.5. The Labute approximate surface area is 423 Å². The maximum Gasteiger partial charge on any atom is 0.251 e. The number of nitrogens with zero attached hydrogens (tertiary/aromatic N) is 7. The molecule has 1 aromatic heterocycles. The maximum atomic E-state index is 12.5. The summed E-state index contributed by atoms with van der Waals surface area (Å²) in [7, 11) is 0. The van der Waals surface area contributed by atoms with Gasteiger partial charge in [0, 0.05) is 91.7 Å². The van der Waals surface area contributed by atoms with Gasteiger partial charge >= 0.3 is 0 Å². The number of carbonyl (C=O) groups is 1. The number of anilines is 1. The first-order valence-corrected chi connectivity index (χ1v) is 20.6. The minimum atomic E-state index is -0.0436. The Morgan fingerprint density at radius 1 is 0.662 bits per heavy atom. The molecular formula is C56H74N10O2. The van der Waals surface area contributed by atoms with Crippen LogP contribution in [0.4, 0.5) is 5.82 Å². The van der Waals surface area contributed by atoms with Crippen molar-refractivity contribution in [2.45, 2.75) is 59.9 Å². The molecule has 1 heterocycles. The van der Waals surface area contributed by atoms with Crippen LogP contribution >= 0.6 is 0 Å². The Hall–Kier alpha value is -10.2. The van der Waals surface area contributed by atoms with Crippen molar-refractivity contribution < 1.29 is 26.2 Å². The molecule has 0 bridgehead atoms. The Bertz CT molecular complexity index is 2970. The molecule has 0 radical (unpaired) electrons. The number of hydrogen-bond acceptors (Lipinski definition) is 7. The molecule has 0 fully saturated rings. The van der Waals surface area contributed by atoms with E-state index in [1.54, 1.807) is 26.2 Å². The number of rotatable bonds is 15. The lowest BCUT2D eigenvalue weighted by molar-refractivity contribution is 0.0952. The van der Waals surface area contributed by atoms with Crippen LogP contribution < -0.4 is 10.6 Å². The Morgan fingerprint density at radius 2 is 1.13 bits per heavy atom. The summed E-state index contributed by atoms with van der Waals surface area (Å²) in [6.45, 7) is 13.6. The molecule has 12 heteroatoms. The molecule has 3 aromatic rings. The predicted octanol–water partition coefficient (Wildman–Crippen LogP) is 11.4. The van der Waals surface area contributed by atoms with Crippen LogP contribution in [-0.4, -0.2) is 47.0 Å². The highest BCUT2D eigenvalue weighted by Gasteiger charge is 2.12. The third-order valence-electron chi connectivity index (χ3n) is 7.82. The fraction of sp³-hybridized carbons (Fsp3) is 0.232. The third kappa shape index (κ3) is 29.2. The topological polar surface area (TPSA) is 161 Å².